The van der Waals surface area contributed by atoms with Gasteiger partial charge in [-0.05, 0) is 25.3 Å². The number of hydrogen-bond acceptors (Lipinski definition) is 3. The maximum atomic E-state index is 11.1. The first-order chi connectivity index (χ1) is 4.64. The van der Waals surface area contributed by atoms with Crippen LogP contribution in [0.2, 0.25) is 0 Å². The van der Waals surface area contributed by atoms with E-state index in [4.69, 9.17) is 10.5 Å². The van der Waals surface area contributed by atoms with Crippen LogP contribution in [0.4, 0.5) is 0 Å². The Balaban J connectivity index is 0. The van der Waals surface area contributed by atoms with Gasteiger partial charge in [-0.1, -0.05) is 0 Å². The van der Waals surface area contributed by atoms with Crippen LogP contribution >= 0.6 is 24.8 Å². The second-order valence-corrected chi connectivity index (χ2v) is 5.34. The van der Waals surface area contributed by atoms with E-state index in [-0.39, 0.29) is 24.8 Å². The molecule has 0 radical (unpaired) electrons. The normalized spacial score (nSPS) is 34.6. The lowest BCUT2D eigenvalue weighted by atomic mass is 10.0. The molecule has 0 aromatic rings. The first kappa shape index (κ1) is 15.0. The minimum absolute atomic E-state index is 0. The third kappa shape index (κ3) is 4.50. The Bertz CT molecular complexity index is 192. The molecule has 1 aliphatic heterocycles. The van der Waals surface area contributed by atoms with Crippen LogP contribution in [0.25, 0.3) is 0 Å². The minimum atomic E-state index is -2.18. The summed E-state index contributed by atoms with van der Waals surface area (Å²) in [6.45, 7) is 0.690. The molecule has 6 heteroatoms. The average Bonchev–Trinajstić information content (AvgIpc) is 1.88. The summed E-state index contributed by atoms with van der Waals surface area (Å²) in [5.74, 6) is 1.66. The summed E-state index contributed by atoms with van der Waals surface area (Å²) in [6.07, 6.45) is 1.78. The molecule has 1 aliphatic rings. The van der Waals surface area contributed by atoms with Crippen molar-refractivity contribution in [3.05, 3.63) is 0 Å². The number of halogens is 2. The van der Waals surface area contributed by atoms with Crippen molar-refractivity contribution in [3.63, 3.8) is 0 Å². The van der Waals surface area contributed by atoms with E-state index in [2.05, 4.69) is 0 Å². The molecule has 0 atom stereocenters. The van der Waals surface area contributed by atoms with Crippen LogP contribution in [-0.2, 0) is 9.73 Å². The molecule has 3 N–H and O–H groups in total. The first-order valence-corrected chi connectivity index (χ1v) is 5.48. The SMILES string of the molecule is Cl.Cl.N=S1(=O)CCC(CN)CC1. The van der Waals surface area contributed by atoms with Gasteiger partial charge in [-0.2, -0.15) is 0 Å². The Hall–Kier alpha value is 0.490. The van der Waals surface area contributed by atoms with Gasteiger partial charge >= 0.3 is 0 Å². The number of nitrogens with one attached hydrogen (secondary N) is 1. The van der Waals surface area contributed by atoms with Gasteiger partial charge in [-0.3, -0.25) is 4.78 Å². The van der Waals surface area contributed by atoms with Crippen molar-refractivity contribution in [2.45, 2.75) is 12.8 Å². The van der Waals surface area contributed by atoms with Gasteiger partial charge in [0.05, 0.1) is 0 Å². The van der Waals surface area contributed by atoms with Crippen LogP contribution in [0, 0.1) is 10.7 Å². The van der Waals surface area contributed by atoms with Gasteiger partial charge in [0, 0.05) is 21.2 Å². The summed E-state index contributed by atoms with van der Waals surface area (Å²) in [5.41, 5.74) is 5.44. The monoisotopic (exact) mass is 234 g/mol. The molecule has 0 unspecified atom stereocenters. The minimum Gasteiger partial charge on any atom is -0.330 e. The molecular weight excluding hydrogens is 219 g/mol. The van der Waals surface area contributed by atoms with E-state index in [0.29, 0.717) is 24.0 Å². The van der Waals surface area contributed by atoms with Gasteiger partial charge in [-0.15, -0.1) is 24.8 Å². The van der Waals surface area contributed by atoms with E-state index in [1.165, 1.54) is 0 Å². The summed E-state index contributed by atoms with van der Waals surface area (Å²) in [4.78, 5) is 0. The number of rotatable bonds is 1. The maximum Gasteiger partial charge on any atom is 0.0441 e. The summed E-state index contributed by atoms with van der Waals surface area (Å²) in [6, 6.07) is 0. The Morgan fingerprint density at radius 2 is 1.75 bits per heavy atom. The van der Waals surface area contributed by atoms with Crippen molar-refractivity contribution in [1.82, 2.24) is 0 Å². The van der Waals surface area contributed by atoms with Crippen LogP contribution in [-0.4, -0.2) is 22.3 Å². The van der Waals surface area contributed by atoms with E-state index < -0.39 is 9.73 Å². The first-order valence-electron chi connectivity index (χ1n) is 3.58. The Morgan fingerprint density at radius 1 is 1.33 bits per heavy atom. The lowest BCUT2D eigenvalue weighted by Gasteiger charge is -2.21. The molecular formula is C6H16Cl2N2OS. The molecule has 0 aliphatic carbocycles. The van der Waals surface area contributed by atoms with Crippen LogP contribution in [0.5, 0.6) is 0 Å². The molecule has 0 aromatic heterocycles. The van der Waals surface area contributed by atoms with Gasteiger partial charge in [0.1, 0.15) is 0 Å². The molecule has 3 nitrogen and oxygen atoms in total. The van der Waals surface area contributed by atoms with Crippen molar-refractivity contribution in [2.24, 2.45) is 11.7 Å². The van der Waals surface area contributed by atoms with Gasteiger partial charge < -0.3 is 5.73 Å². The van der Waals surface area contributed by atoms with E-state index in [0.717, 1.165) is 12.8 Å². The van der Waals surface area contributed by atoms with E-state index in [9.17, 15) is 4.21 Å². The van der Waals surface area contributed by atoms with Crippen LogP contribution in [0.15, 0.2) is 0 Å². The predicted molar refractivity (Wildman–Crippen MR) is 56.9 cm³/mol. The Morgan fingerprint density at radius 3 is 2.08 bits per heavy atom. The molecule has 76 valence electrons. The molecule has 0 aromatic carbocycles. The highest BCUT2D eigenvalue weighted by Gasteiger charge is 2.19. The van der Waals surface area contributed by atoms with Crippen molar-refractivity contribution in [2.75, 3.05) is 18.1 Å². The smallest absolute Gasteiger partial charge is 0.0441 e. The van der Waals surface area contributed by atoms with E-state index in [1.54, 1.807) is 0 Å². The highest BCUT2D eigenvalue weighted by Crippen LogP contribution is 2.17. The average molecular weight is 235 g/mol. The molecule has 0 amide bonds. The zero-order valence-electron chi connectivity index (χ0n) is 6.82. The molecule has 1 heterocycles. The summed E-state index contributed by atoms with van der Waals surface area (Å²) >= 11 is 0. The topological polar surface area (TPSA) is 66.9 Å². The summed E-state index contributed by atoms with van der Waals surface area (Å²) in [7, 11) is -2.18. The highest BCUT2D eigenvalue weighted by atomic mass is 35.5. The largest absolute Gasteiger partial charge is 0.330 e. The molecule has 1 fully saturated rings. The van der Waals surface area contributed by atoms with E-state index >= 15 is 0 Å². The molecule has 0 bridgehead atoms. The highest BCUT2D eigenvalue weighted by molar-refractivity contribution is 7.92. The quantitative estimate of drug-likeness (QED) is 0.718. The predicted octanol–water partition coefficient (Wildman–Crippen LogP) is 1.25. The molecule has 0 spiro atoms. The zero-order chi connectivity index (χ0) is 7.61. The lowest BCUT2D eigenvalue weighted by molar-refractivity contribution is 0.489. The van der Waals surface area contributed by atoms with Crippen LogP contribution in [0.1, 0.15) is 12.8 Å². The molecule has 12 heavy (non-hydrogen) atoms. The van der Waals surface area contributed by atoms with Crippen molar-refractivity contribution >= 4 is 34.5 Å². The molecule has 0 saturated carbocycles. The molecule has 1 saturated heterocycles. The van der Waals surface area contributed by atoms with Crippen molar-refractivity contribution in [3.8, 4) is 0 Å². The van der Waals surface area contributed by atoms with Gasteiger partial charge in [-0.25, -0.2) is 4.21 Å². The van der Waals surface area contributed by atoms with Crippen LogP contribution in [0.3, 0.4) is 0 Å². The third-order valence-electron chi connectivity index (χ3n) is 2.04. The second kappa shape index (κ2) is 6.02. The fourth-order valence-corrected chi connectivity index (χ4v) is 2.83. The fourth-order valence-electron chi connectivity index (χ4n) is 1.20. The number of hydrogen-bond donors (Lipinski definition) is 2. The lowest BCUT2D eigenvalue weighted by Crippen LogP contribution is -2.27. The second-order valence-electron chi connectivity index (χ2n) is 2.90. The van der Waals surface area contributed by atoms with E-state index in [1.807, 2.05) is 0 Å². The fraction of sp³-hybridized carbons (Fsp3) is 1.00. The summed E-state index contributed by atoms with van der Waals surface area (Å²) < 4.78 is 18.4. The van der Waals surface area contributed by atoms with Gasteiger partial charge in [0.2, 0.25) is 0 Å². The Labute approximate surface area is 86.3 Å². The third-order valence-corrected chi connectivity index (χ3v) is 3.84. The van der Waals surface area contributed by atoms with Crippen molar-refractivity contribution < 1.29 is 4.21 Å². The van der Waals surface area contributed by atoms with Crippen LogP contribution < -0.4 is 5.73 Å². The van der Waals surface area contributed by atoms with Gasteiger partial charge in [0.15, 0.2) is 0 Å². The molecule has 1 rings (SSSR count). The van der Waals surface area contributed by atoms with Gasteiger partial charge in [0.25, 0.3) is 0 Å². The number of nitrogens with two attached hydrogens (primary N) is 1. The zero-order valence-corrected chi connectivity index (χ0v) is 9.27. The summed E-state index contributed by atoms with van der Waals surface area (Å²) in [5, 5.41) is 0. The standard InChI is InChI=1S/C6H14N2OS.2ClH/c7-5-6-1-3-10(8,9)4-2-6;;/h6,8H,1-5,7H2;2*1H. The van der Waals surface area contributed by atoms with Crippen molar-refractivity contribution in [1.29, 1.82) is 4.78 Å². The maximum absolute atomic E-state index is 11.1. The Kier molecular flexibility index (Phi) is 7.52.